The number of aliphatic imine (C=N–C) groups is 1. The largest absolute Gasteiger partial charge is 0.356 e. The molecule has 0 saturated carbocycles. The maximum Gasteiger partial charge on any atom is 0.208 e. The second kappa shape index (κ2) is 9.95. The molecule has 1 aromatic heterocycles. The third kappa shape index (κ3) is 8.88. The number of nitrogens with zero attached hydrogens (tertiary/aromatic N) is 3. The highest BCUT2D eigenvalue weighted by atomic mass is 127. The molecule has 0 aliphatic rings. The van der Waals surface area contributed by atoms with Crippen molar-refractivity contribution in [3.05, 3.63) is 18.0 Å². The standard InChI is InChI=1S/C11H22N6O2S.HI/c1-12-11(13-6-4-7-16-20(3,18)19)14-9-10-5-8-15-17(10)2;/h5,8,16H,4,6-7,9H2,1-3H3,(H2,12,13,14);1H. The van der Waals surface area contributed by atoms with Crippen LogP contribution in [0.4, 0.5) is 0 Å². The Morgan fingerprint density at radius 3 is 2.62 bits per heavy atom. The van der Waals surface area contributed by atoms with Crippen LogP contribution in [0, 0.1) is 0 Å². The number of guanidine groups is 1. The van der Waals surface area contributed by atoms with Crippen molar-refractivity contribution in [2.24, 2.45) is 12.0 Å². The van der Waals surface area contributed by atoms with Crippen LogP contribution in [-0.4, -0.2) is 50.6 Å². The van der Waals surface area contributed by atoms with E-state index in [9.17, 15) is 8.42 Å². The van der Waals surface area contributed by atoms with Gasteiger partial charge < -0.3 is 10.6 Å². The van der Waals surface area contributed by atoms with E-state index in [1.165, 1.54) is 0 Å². The van der Waals surface area contributed by atoms with Crippen LogP contribution in [0.2, 0.25) is 0 Å². The fourth-order valence-corrected chi connectivity index (χ4v) is 2.04. The van der Waals surface area contributed by atoms with Crippen molar-refractivity contribution in [1.29, 1.82) is 0 Å². The van der Waals surface area contributed by atoms with E-state index < -0.39 is 10.0 Å². The number of hydrogen-bond donors (Lipinski definition) is 3. The average molecular weight is 430 g/mol. The van der Waals surface area contributed by atoms with Crippen LogP contribution in [0.3, 0.4) is 0 Å². The van der Waals surface area contributed by atoms with Gasteiger partial charge in [0, 0.05) is 33.4 Å². The van der Waals surface area contributed by atoms with E-state index in [1.54, 1.807) is 17.9 Å². The molecule has 0 atom stereocenters. The molecule has 0 amide bonds. The van der Waals surface area contributed by atoms with Gasteiger partial charge in [0.2, 0.25) is 10.0 Å². The van der Waals surface area contributed by atoms with Crippen LogP contribution in [0.5, 0.6) is 0 Å². The first-order valence-electron chi connectivity index (χ1n) is 6.28. The molecule has 0 aliphatic heterocycles. The summed E-state index contributed by atoms with van der Waals surface area (Å²) >= 11 is 0. The van der Waals surface area contributed by atoms with Crippen molar-refractivity contribution in [1.82, 2.24) is 25.1 Å². The first-order valence-corrected chi connectivity index (χ1v) is 8.17. The summed E-state index contributed by atoms with van der Waals surface area (Å²) in [4.78, 5) is 4.09. The Hall–Kier alpha value is -0.880. The van der Waals surface area contributed by atoms with E-state index >= 15 is 0 Å². The van der Waals surface area contributed by atoms with E-state index in [1.807, 2.05) is 13.1 Å². The Morgan fingerprint density at radius 2 is 2.10 bits per heavy atom. The summed E-state index contributed by atoms with van der Waals surface area (Å²) in [5.41, 5.74) is 1.05. The minimum atomic E-state index is -3.11. The molecule has 0 fully saturated rings. The van der Waals surface area contributed by atoms with Crippen molar-refractivity contribution in [2.75, 3.05) is 26.4 Å². The Bertz CT molecular complexity index is 543. The van der Waals surface area contributed by atoms with Gasteiger partial charge in [0.1, 0.15) is 0 Å². The Labute approximate surface area is 142 Å². The first kappa shape index (κ1) is 20.1. The zero-order valence-corrected chi connectivity index (χ0v) is 15.6. The summed E-state index contributed by atoms with van der Waals surface area (Å²) in [6, 6.07) is 1.93. The van der Waals surface area contributed by atoms with Gasteiger partial charge >= 0.3 is 0 Å². The molecule has 0 bridgehead atoms. The number of rotatable bonds is 7. The maximum absolute atomic E-state index is 10.9. The van der Waals surface area contributed by atoms with E-state index in [4.69, 9.17) is 0 Å². The molecule has 1 heterocycles. The Kier molecular flexibility index (Phi) is 9.53. The van der Waals surface area contributed by atoms with Crippen LogP contribution in [-0.2, 0) is 23.6 Å². The lowest BCUT2D eigenvalue weighted by Gasteiger charge is -2.12. The SMILES string of the molecule is CN=C(NCCCNS(C)(=O)=O)NCc1ccnn1C.I. The van der Waals surface area contributed by atoms with Crippen LogP contribution in [0.1, 0.15) is 12.1 Å². The van der Waals surface area contributed by atoms with Crippen LogP contribution in [0.15, 0.2) is 17.3 Å². The second-order valence-electron chi connectivity index (χ2n) is 4.32. The summed E-state index contributed by atoms with van der Waals surface area (Å²) in [5.74, 6) is 0.672. The van der Waals surface area contributed by atoms with Gasteiger partial charge in [-0.15, -0.1) is 24.0 Å². The van der Waals surface area contributed by atoms with Crippen LogP contribution in [0.25, 0.3) is 0 Å². The van der Waals surface area contributed by atoms with E-state index in [0.717, 1.165) is 11.9 Å². The smallest absolute Gasteiger partial charge is 0.208 e. The molecule has 1 aromatic rings. The van der Waals surface area contributed by atoms with Crippen molar-refractivity contribution in [3.8, 4) is 0 Å². The zero-order valence-electron chi connectivity index (χ0n) is 12.5. The number of aryl methyl sites for hydroxylation is 1. The lowest BCUT2D eigenvalue weighted by Crippen LogP contribution is -2.38. The van der Waals surface area contributed by atoms with Crippen molar-refractivity contribution in [3.63, 3.8) is 0 Å². The van der Waals surface area contributed by atoms with E-state index in [0.29, 0.717) is 32.0 Å². The highest BCUT2D eigenvalue weighted by Crippen LogP contribution is 1.94. The second-order valence-corrected chi connectivity index (χ2v) is 6.15. The normalized spacial score (nSPS) is 11.9. The van der Waals surface area contributed by atoms with Gasteiger partial charge in [0.15, 0.2) is 5.96 Å². The van der Waals surface area contributed by atoms with Gasteiger partial charge in [0.25, 0.3) is 0 Å². The highest BCUT2D eigenvalue weighted by Gasteiger charge is 2.02. The molecule has 0 spiro atoms. The van der Waals surface area contributed by atoms with Gasteiger partial charge in [0.05, 0.1) is 18.5 Å². The van der Waals surface area contributed by atoms with Crippen molar-refractivity contribution in [2.45, 2.75) is 13.0 Å². The third-order valence-corrected chi connectivity index (χ3v) is 3.32. The van der Waals surface area contributed by atoms with E-state index in [2.05, 4.69) is 25.4 Å². The minimum Gasteiger partial charge on any atom is -0.356 e. The number of nitrogens with one attached hydrogen (secondary N) is 3. The predicted octanol–water partition coefficient (Wildman–Crippen LogP) is -0.358. The predicted molar refractivity (Wildman–Crippen MR) is 94.3 cm³/mol. The van der Waals surface area contributed by atoms with Crippen molar-refractivity contribution >= 4 is 40.0 Å². The average Bonchev–Trinajstić information content (AvgIpc) is 2.77. The number of hydrogen-bond acceptors (Lipinski definition) is 4. The molecule has 21 heavy (non-hydrogen) atoms. The number of halogens is 1. The van der Waals surface area contributed by atoms with Gasteiger partial charge in [-0.2, -0.15) is 5.10 Å². The first-order chi connectivity index (χ1) is 9.42. The summed E-state index contributed by atoms with van der Waals surface area (Å²) < 4.78 is 26.0. The third-order valence-electron chi connectivity index (χ3n) is 2.59. The van der Waals surface area contributed by atoms with Crippen LogP contribution < -0.4 is 15.4 Å². The topological polar surface area (TPSA) is 100 Å². The molecule has 0 aromatic carbocycles. The number of aromatic nitrogens is 2. The summed E-state index contributed by atoms with van der Waals surface area (Å²) in [6.07, 6.45) is 3.57. The molecule has 10 heteroatoms. The maximum atomic E-state index is 10.9. The molecule has 0 unspecified atom stereocenters. The summed E-state index contributed by atoms with van der Waals surface area (Å²) in [6.45, 7) is 1.66. The van der Waals surface area contributed by atoms with Gasteiger partial charge in [-0.05, 0) is 12.5 Å². The molecule has 122 valence electrons. The fourth-order valence-electron chi connectivity index (χ4n) is 1.52. The van der Waals surface area contributed by atoms with Gasteiger partial charge in [-0.25, -0.2) is 13.1 Å². The van der Waals surface area contributed by atoms with Gasteiger partial charge in [-0.3, -0.25) is 9.67 Å². The van der Waals surface area contributed by atoms with Gasteiger partial charge in [-0.1, -0.05) is 0 Å². The Morgan fingerprint density at radius 1 is 1.38 bits per heavy atom. The molecule has 8 nitrogen and oxygen atoms in total. The molecule has 0 radical (unpaired) electrons. The fraction of sp³-hybridized carbons (Fsp3) is 0.636. The van der Waals surface area contributed by atoms with Crippen molar-refractivity contribution < 1.29 is 8.42 Å². The molecule has 0 saturated heterocycles. The summed E-state index contributed by atoms with van der Waals surface area (Å²) in [5, 5.41) is 10.4. The lowest BCUT2D eigenvalue weighted by molar-refractivity contribution is 0.584. The molecule has 0 aliphatic carbocycles. The molecule has 3 N–H and O–H groups in total. The number of sulfonamides is 1. The monoisotopic (exact) mass is 430 g/mol. The van der Waals surface area contributed by atoms with E-state index in [-0.39, 0.29) is 24.0 Å². The highest BCUT2D eigenvalue weighted by molar-refractivity contribution is 14.0. The minimum absolute atomic E-state index is 0. The quantitative estimate of drug-likeness (QED) is 0.238. The summed E-state index contributed by atoms with van der Waals surface area (Å²) in [7, 11) is 0.459. The molecule has 1 rings (SSSR count). The van der Waals surface area contributed by atoms with Crippen LogP contribution >= 0.6 is 24.0 Å². The zero-order chi connectivity index (χ0) is 15.0. The Balaban J connectivity index is 0.00000400. The molecular formula is C11H23IN6O2S. The lowest BCUT2D eigenvalue weighted by atomic mass is 10.4. The molecular weight excluding hydrogens is 407 g/mol.